The van der Waals surface area contributed by atoms with Crippen molar-refractivity contribution in [1.82, 2.24) is 15.1 Å². The van der Waals surface area contributed by atoms with Crippen LogP contribution in [0.4, 0.5) is 0 Å². The van der Waals surface area contributed by atoms with Gasteiger partial charge in [0.1, 0.15) is 5.75 Å². The standard InChI is InChI=1S/C15H23N3O/c1-17(12-18-7-5-16-6-8-18)11-13-2-3-15-14(10-13)4-9-19-15/h2-3,10,16H,4-9,11-12H2,1H3. The molecule has 1 fully saturated rings. The molecule has 3 rings (SSSR count). The minimum absolute atomic E-state index is 0.843. The lowest BCUT2D eigenvalue weighted by Crippen LogP contribution is -2.47. The highest BCUT2D eigenvalue weighted by Gasteiger charge is 2.14. The second-order valence-electron chi connectivity index (χ2n) is 5.56. The highest BCUT2D eigenvalue weighted by Crippen LogP contribution is 2.26. The van der Waals surface area contributed by atoms with Crippen molar-refractivity contribution >= 4 is 0 Å². The number of hydrogen-bond acceptors (Lipinski definition) is 4. The van der Waals surface area contributed by atoms with Crippen LogP contribution in [0.25, 0.3) is 0 Å². The van der Waals surface area contributed by atoms with Gasteiger partial charge in [-0.15, -0.1) is 0 Å². The van der Waals surface area contributed by atoms with E-state index in [0.717, 1.165) is 58.2 Å². The molecule has 19 heavy (non-hydrogen) atoms. The third-order valence-corrected chi connectivity index (χ3v) is 3.86. The van der Waals surface area contributed by atoms with Crippen LogP contribution in [-0.4, -0.2) is 56.3 Å². The Labute approximate surface area is 115 Å². The number of fused-ring (bicyclic) bond motifs is 1. The Bertz CT molecular complexity index is 429. The van der Waals surface area contributed by atoms with Gasteiger partial charge in [-0.25, -0.2) is 0 Å². The Morgan fingerprint density at radius 1 is 1.32 bits per heavy atom. The van der Waals surface area contributed by atoms with E-state index < -0.39 is 0 Å². The van der Waals surface area contributed by atoms with E-state index in [1.54, 1.807) is 0 Å². The fourth-order valence-electron chi connectivity index (χ4n) is 2.89. The van der Waals surface area contributed by atoms with Crippen molar-refractivity contribution in [2.24, 2.45) is 0 Å². The van der Waals surface area contributed by atoms with Gasteiger partial charge in [0, 0.05) is 39.1 Å². The number of nitrogens with zero attached hydrogens (tertiary/aromatic N) is 2. The van der Waals surface area contributed by atoms with Crippen LogP contribution in [0.15, 0.2) is 18.2 Å². The van der Waals surface area contributed by atoms with E-state index in [1.807, 2.05) is 0 Å². The minimum atomic E-state index is 0.843. The van der Waals surface area contributed by atoms with Crippen LogP contribution in [0.1, 0.15) is 11.1 Å². The zero-order chi connectivity index (χ0) is 13.1. The summed E-state index contributed by atoms with van der Waals surface area (Å²) in [5, 5.41) is 3.39. The summed E-state index contributed by atoms with van der Waals surface area (Å²) in [6.07, 6.45) is 1.06. The van der Waals surface area contributed by atoms with Crippen LogP contribution in [0, 0.1) is 0 Å². The summed E-state index contributed by atoms with van der Waals surface area (Å²) in [5.41, 5.74) is 2.76. The third-order valence-electron chi connectivity index (χ3n) is 3.86. The minimum Gasteiger partial charge on any atom is -0.493 e. The van der Waals surface area contributed by atoms with Gasteiger partial charge in [0.05, 0.1) is 13.3 Å². The first-order valence-electron chi connectivity index (χ1n) is 7.17. The van der Waals surface area contributed by atoms with Crippen molar-refractivity contribution in [3.05, 3.63) is 29.3 Å². The van der Waals surface area contributed by atoms with Crippen molar-refractivity contribution in [2.45, 2.75) is 13.0 Å². The average Bonchev–Trinajstić information content (AvgIpc) is 2.87. The summed E-state index contributed by atoms with van der Waals surface area (Å²) < 4.78 is 5.55. The molecule has 0 aliphatic carbocycles. The van der Waals surface area contributed by atoms with Crippen molar-refractivity contribution in [1.29, 1.82) is 0 Å². The smallest absolute Gasteiger partial charge is 0.122 e. The van der Waals surface area contributed by atoms with Crippen molar-refractivity contribution < 1.29 is 4.74 Å². The van der Waals surface area contributed by atoms with Gasteiger partial charge in [-0.2, -0.15) is 0 Å². The van der Waals surface area contributed by atoms with Gasteiger partial charge in [0.15, 0.2) is 0 Å². The molecule has 0 radical (unpaired) electrons. The Morgan fingerprint density at radius 2 is 2.16 bits per heavy atom. The molecule has 1 aromatic carbocycles. The zero-order valence-electron chi connectivity index (χ0n) is 11.7. The quantitative estimate of drug-likeness (QED) is 0.872. The maximum absolute atomic E-state index is 5.55. The largest absolute Gasteiger partial charge is 0.493 e. The molecule has 1 saturated heterocycles. The third kappa shape index (κ3) is 3.26. The molecule has 0 aromatic heterocycles. The predicted octanol–water partition coefficient (Wildman–Crippen LogP) is 0.916. The van der Waals surface area contributed by atoms with Gasteiger partial charge in [0.2, 0.25) is 0 Å². The second kappa shape index (κ2) is 5.90. The first kappa shape index (κ1) is 12.9. The lowest BCUT2D eigenvalue weighted by molar-refractivity contribution is 0.135. The predicted molar refractivity (Wildman–Crippen MR) is 76.4 cm³/mol. The van der Waals surface area contributed by atoms with E-state index >= 15 is 0 Å². The Hall–Kier alpha value is -1.10. The van der Waals surface area contributed by atoms with Crippen LogP contribution >= 0.6 is 0 Å². The van der Waals surface area contributed by atoms with Crippen LogP contribution < -0.4 is 10.1 Å². The number of benzene rings is 1. The van der Waals surface area contributed by atoms with E-state index in [0.29, 0.717) is 0 Å². The number of hydrogen-bond donors (Lipinski definition) is 1. The normalized spacial score (nSPS) is 19.5. The van der Waals surface area contributed by atoms with Crippen LogP contribution in [0.2, 0.25) is 0 Å². The Kier molecular flexibility index (Phi) is 4.01. The lowest BCUT2D eigenvalue weighted by atomic mass is 10.1. The number of piperazine rings is 1. The second-order valence-corrected chi connectivity index (χ2v) is 5.56. The van der Waals surface area contributed by atoms with Crippen molar-refractivity contribution in [3.63, 3.8) is 0 Å². The first-order chi connectivity index (χ1) is 9.31. The molecule has 104 valence electrons. The summed E-state index contributed by atoms with van der Waals surface area (Å²) in [7, 11) is 2.20. The zero-order valence-corrected chi connectivity index (χ0v) is 11.7. The average molecular weight is 261 g/mol. The van der Waals surface area contributed by atoms with E-state index in [-0.39, 0.29) is 0 Å². The van der Waals surface area contributed by atoms with Crippen LogP contribution in [0.3, 0.4) is 0 Å². The molecular formula is C15H23N3O. The van der Waals surface area contributed by atoms with Gasteiger partial charge < -0.3 is 10.1 Å². The van der Waals surface area contributed by atoms with E-state index in [1.165, 1.54) is 11.1 Å². The van der Waals surface area contributed by atoms with E-state index in [4.69, 9.17) is 4.74 Å². The van der Waals surface area contributed by atoms with Crippen molar-refractivity contribution in [3.8, 4) is 5.75 Å². The fourth-order valence-corrected chi connectivity index (χ4v) is 2.89. The summed E-state index contributed by atoms with van der Waals surface area (Å²) in [4.78, 5) is 4.90. The molecule has 1 N–H and O–H groups in total. The molecule has 0 saturated carbocycles. The molecular weight excluding hydrogens is 238 g/mol. The van der Waals surface area contributed by atoms with Gasteiger partial charge in [-0.3, -0.25) is 9.80 Å². The van der Waals surface area contributed by atoms with Crippen molar-refractivity contribution in [2.75, 3.05) is 46.5 Å². The molecule has 0 spiro atoms. The summed E-state index contributed by atoms with van der Waals surface area (Å²) >= 11 is 0. The van der Waals surface area contributed by atoms with Gasteiger partial charge in [-0.1, -0.05) is 12.1 Å². The highest BCUT2D eigenvalue weighted by molar-refractivity contribution is 5.39. The molecule has 2 aliphatic heterocycles. The summed E-state index contributed by atoms with van der Waals surface area (Å²) in [5.74, 6) is 1.08. The molecule has 2 heterocycles. The SMILES string of the molecule is CN(Cc1ccc2c(c1)CCO2)CN1CCNCC1. The van der Waals surface area contributed by atoms with Gasteiger partial charge >= 0.3 is 0 Å². The molecule has 0 atom stereocenters. The topological polar surface area (TPSA) is 27.7 Å². The lowest BCUT2D eigenvalue weighted by Gasteiger charge is -2.31. The molecule has 4 nitrogen and oxygen atoms in total. The molecule has 4 heteroatoms. The molecule has 1 aromatic rings. The highest BCUT2D eigenvalue weighted by atomic mass is 16.5. The number of ether oxygens (including phenoxy) is 1. The summed E-state index contributed by atoms with van der Waals surface area (Å²) in [6, 6.07) is 6.62. The maximum Gasteiger partial charge on any atom is 0.122 e. The maximum atomic E-state index is 5.55. The van der Waals surface area contributed by atoms with Gasteiger partial charge in [-0.05, 0) is 24.2 Å². The van der Waals surface area contributed by atoms with Gasteiger partial charge in [0.25, 0.3) is 0 Å². The summed E-state index contributed by atoms with van der Waals surface area (Å²) in [6.45, 7) is 7.45. The van der Waals surface area contributed by atoms with Crippen LogP contribution in [0.5, 0.6) is 5.75 Å². The monoisotopic (exact) mass is 261 g/mol. The van der Waals surface area contributed by atoms with Crippen LogP contribution in [-0.2, 0) is 13.0 Å². The fraction of sp³-hybridized carbons (Fsp3) is 0.600. The first-order valence-corrected chi connectivity index (χ1v) is 7.17. The molecule has 0 unspecified atom stereocenters. The Morgan fingerprint density at radius 3 is 3.00 bits per heavy atom. The Balaban J connectivity index is 1.55. The number of nitrogens with one attached hydrogen (secondary N) is 1. The molecule has 2 aliphatic rings. The molecule has 0 bridgehead atoms. The molecule has 0 amide bonds. The number of rotatable bonds is 4. The van der Waals surface area contributed by atoms with E-state index in [9.17, 15) is 0 Å². The van der Waals surface area contributed by atoms with E-state index in [2.05, 4.69) is 40.4 Å².